The highest BCUT2D eigenvalue weighted by atomic mass is 15.6. The highest BCUT2D eigenvalue weighted by molar-refractivity contribution is 5.83. The first kappa shape index (κ1) is 8.58. The van der Waals surface area contributed by atoms with Crippen LogP contribution >= 0.6 is 0 Å². The van der Waals surface area contributed by atoms with E-state index in [0.29, 0.717) is 0 Å². The molecule has 0 fully saturated rings. The van der Waals surface area contributed by atoms with E-state index in [-0.39, 0.29) is 6.17 Å². The topological polar surface area (TPSA) is 55.3 Å². The molecule has 1 atom stereocenters. The molecule has 0 aromatic carbocycles. The Morgan fingerprint density at radius 3 is 3.20 bits per heavy atom. The molecule has 6 heteroatoms. The lowest BCUT2D eigenvalue weighted by molar-refractivity contribution is 0.224. The summed E-state index contributed by atoms with van der Waals surface area (Å²) in [4.78, 5) is 6.52. The van der Waals surface area contributed by atoms with E-state index in [9.17, 15) is 0 Å². The minimum atomic E-state index is 0.229. The fourth-order valence-electron chi connectivity index (χ4n) is 1.89. The van der Waals surface area contributed by atoms with Gasteiger partial charge in [-0.2, -0.15) is 5.10 Å². The predicted octanol–water partition coefficient (Wildman–Crippen LogP) is -0.703. The van der Waals surface area contributed by atoms with Crippen molar-refractivity contribution >= 4 is 12.2 Å². The van der Waals surface area contributed by atoms with E-state index in [0.717, 1.165) is 32.1 Å². The van der Waals surface area contributed by atoms with E-state index in [2.05, 4.69) is 30.6 Å². The third kappa shape index (κ3) is 1.51. The third-order valence-corrected chi connectivity index (χ3v) is 2.69. The van der Waals surface area contributed by atoms with E-state index in [1.807, 2.05) is 18.6 Å². The molecule has 3 aliphatic heterocycles. The van der Waals surface area contributed by atoms with Crippen LogP contribution in [0.3, 0.4) is 0 Å². The van der Waals surface area contributed by atoms with Crippen molar-refractivity contribution in [2.24, 2.45) is 10.1 Å². The van der Waals surface area contributed by atoms with Gasteiger partial charge in [0, 0.05) is 31.6 Å². The van der Waals surface area contributed by atoms with Gasteiger partial charge in [0.1, 0.15) is 6.17 Å². The van der Waals surface area contributed by atoms with Crippen molar-refractivity contribution in [1.82, 2.24) is 20.5 Å². The lowest BCUT2D eigenvalue weighted by Gasteiger charge is -2.23. The SMILES string of the molecule is C1=CN(C2=NCC(N3CCC=N3)N2)CN1. The predicted molar refractivity (Wildman–Crippen MR) is 58.0 cm³/mol. The molecule has 15 heavy (non-hydrogen) atoms. The van der Waals surface area contributed by atoms with Crippen molar-refractivity contribution in [1.29, 1.82) is 0 Å². The van der Waals surface area contributed by atoms with Gasteiger partial charge < -0.3 is 10.6 Å². The second-order valence-electron chi connectivity index (χ2n) is 3.72. The molecule has 0 aromatic rings. The van der Waals surface area contributed by atoms with Gasteiger partial charge in [-0.25, -0.2) is 4.99 Å². The van der Waals surface area contributed by atoms with Crippen molar-refractivity contribution < 1.29 is 0 Å². The molecule has 0 spiro atoms. The Balaban J connectivity index is 1.61. The zero-order chi connectivity index (χ0) is 10.1. The Morgan fingerprint density at radius 1 is 1.47 bits per heavy atom. The summed E-state index contributed by atoms with van der Waals surface area (Å²) in [6.45, 7) is 2.56. The van der Waals surface area contributed by atoms with Gasteiger partial charge in [-0.3, -0.25) is 9.91 Å². The molecule has 2 N–H and O–H groups in total. The summed E-state index contributed by atoms with van der Waals surface area (Å²) in [5.41, 5.74) is 0. The fourth-order valence-corrected chi connectivity index (χ4v) is 1.89. The van der Waals surface area contributed by atoms with Gasteiger partial charge in [0.25, 0.3) is 0 Å². The van der Waals surface area contributed by atoms with Crippen molar-refractivity contribution in [3.8, 4) is 0 Å². The Bertz CT molecular complexity index is 333. The standard InChI is InChI=1S/C9H14N6/c1-2-12-15(4-1)8-6-11-9(13-8)14-5-3-10-7-14/h2-3,5,8,10H,1,4,6-7H2,(H,11,13). The zero-order valence-electron chi connectivity index (χ0n) is 8.43. The maximum Gasteiger partial charge on any atom is 0.201 e. The van der Waals surface area contributed by atoms with Gasteiger partial charge >= 0.3 is 0 Å². The molecule has 80 valence electrons. The van der Waals surface area contributed by atoms with E-state index >= 15 is 0 Å². The fraction of sp³-hybridized carbons (Fsp3) is 0.556. The molecule has 1 unspecified atom stereocenters. The highest BCUT2D eigenvalue weighted by Crippen LogP contribution is 2.10. The molecule has 0 saturated heterocycles. The molecule has 0 radical (unpaired) electrons. The first-order valence-corrected chi connectivity index (χ1v) is 5.20. The van der Waals surface area contributed by atoms with Crippen LogP contribution < -0.4 is 10.6 Å². The maximum atomic E-state index is 4.47. The number of hydrogen-bond donors (Lipinski definition) is 2. The average Bonchev–Trinajstić information content (AvgIpc) is 3.02. The lowest BCUT2D eigenvalue weighted by atomic mass is 10.4. The van der Waals surface area contributed by atoms with Crippen LogP contribution in [0, 0.1) is 0 Å². The normalized spacial score (nSPS) is 28.3. The Hall–Kier alpha value is -1.72. The minimum Gasteiger partial charge on any atom is -0.372 e. The zero-order valence-corrected chi connectivity index (χ0v) is 8.43. The van der Waals surface area contributed by atoms with Crippen molar-refractivity contribution in [2.45, 2.75) is 12.6 Å². The van der Waals surface area contributed by atoms with Gasteiger partial charge in [0.15, 0.2) is 0 Å². The molecular weight excluding hydrogens is 192 g/mol. The molecule has 0 saturated carbocycles. The largest absolute Gasteiger partial charge is 0.372 e. The summed E-state index contributed by atoms with van der Waals surface area (Å²) in [5.74, 6) is 0.934. The number of aliphatic imine (C=N–C) groups is 1. The number of nitrogens with zero attached hydrogens (tertiary/aromatic N) is 4. The average molecular weight is 206 g/mol. The molecule has 3 heterocycles. The van der Waals surface area contributed by atoms with Crippen LogP contribution in [0.4, 0.5) is 0 Å². The number of nitrogens with one attached hydrogen (secondary N) is 2. The number of guanidine groups is 1. The molecule has 3 aliphatic rings. The first-order valence-electron chi connectivity index (χ1n) is 5.20. The second-order valence-corrected chi connectivity index (χ2v) is 3.72. The Labute approximate surface area is 88.3 Å². The highest BCUT2D eigenvalue weighted by Gasteiger charge is 2.27. The van der Waals surface area contributed by atoms with Crippen LogP contribution in [-0.2, 0) is 0 Å². The molecule has 0 aliphatic carbocycles. The monoisotopic (exact) mass is 206 g/mol. The smallest absolute Gasteiger partial charge is 0.201 e. The minimum absolute atomic E-state index is 0.229. The summed E-state index contributed by atoms with van der Waals surface area (Å²) >= 11 is 0. The lowest BCUT2D eigenvalue weighted by Crippen LogP contribution is -2.46. The van der Waals surface area contributed by atoms with Gasteiger partial charge in [-0.15, -0.1) is 0 Å². The van der Waals surface area contributed by atoms with Gasteiger partial charge in [0.05, 0.1) is 13.2 Å². The van der Waals surface area contributed by atoms with E-state index in [1.165, 1.54) is 0 Å². The molecule has 0 amide bonds. The van der Waals surface area contributed by atoms with Crippen LogP contribution in [0.15, 0.2) is 22.5 Å². The summed E-state index contributed by atoms with van der Waals surface area (Å²) in [5, 5.41) is 12.8. The quantitative estimate of drug-likeness (QED) is 0.595. The third-order valence-electron chi connectivity index (χ3n) is 2.69. The van der Waals surface area contributed by atoms with Crippen LogP contribution in [-0.4, -0.2) is 48.0 Å². The van der Waals surface area contributed by atoms with E-state index < -0.39 is 0 Å². The van der Waals surface area contributed by atoms with Gasteiger partial charge in [0.2, 0.25) is 5.96 Å². The first-order chi connectivity index (χ1) is 7.43. The summed E-state index contributed by atoms with van der Waals surface area (Å²) < 4.78 is 0. The van der Waals surface area contributed by atoms with Crippen LogP contribution in [0.25, 0.3) is 0 Å². The van der Waals surface area contributed by atoms with Crippen LogP contribution in [0.1, 0.15) is 6.42 Å². The van der Waals surface area contributed by atoms with Crippen molar-refractivity contribution in [2.75, 3.05) is 19.8 Å². The van der Waals surface area contributed by atoms with Crippen LogP contribution in [0.2, 0.25) is 0 Å². The summed E-state index contributed by atoms with van der Waals surface area (Å²) in [6.07, 6.45) is 7.13. The summed E-state index contributed by atoms with van der Waals surface area (Å²) in [7, 11) is 0. The second kappa shape index (κ2) is 3.45. The molecule has 6 nitrogen and oxygen atoms in total. The van der Waals surface area contributed by atoms with Gasteiger partial charge in [-0.1, -0.05) is 0 Å². The number of rotatable bonds is 1. The maximum absolute atomic E-state index is 4.47. The number of hydrogen-bond acceptors (Lipinski definition) is 6. The van der Waals surface area contributed by atoms with Crippen molar-refractivity contribution in [3.63, 3.8) is 0 Å². The molecule has 0 aromatic heterocycles. The Morgan fingerprint density at radius 2 is 2.47 bits per heavy atom. The van der Waals surface area contributed by atoms with Gasteiger partial charge in [-0.05, 0) is 0 Å². The summed E-state index contributed by atoms with van der Waals surface area (Å²) in [6, 6.07) is 0. The van der Waals surface area contributed by atoms with E-state index in [4.69, 9.17) is 0 Å². The van der Waals surface area contributed by atoms with Crippen molar-refractivity contribution in [3.05, 3.63) is 12.4 Å². The molecular formula is C9H14N6. The van der Waals surface area contributed by atoms with Crippen LogP contribution in [0.5, 0.6) is 0 Å². The number of hydrazone groups is 1. The molecule has 3 rings (SSSR count). The Kier molecular flexibility index (Phi) is 1.97. The molecule has 0 bridgehead atoms. The van der Waals surface area contributed by atoms with E-state index in [1.54, 1.807) is 0 Å².